The molecule has 0 spiro atoms. The summed E-state index contributed by atoms with van der Waals surface area (Å²) in [6.07, 6.45) is 1.91. The molecule has 1 fully saturated rings. The molecule has 1 aromatic rings. The summed E-state index contributed by atoms with van der Waals surface area (Å²) >= 11 is 6.01. The Balaban J connectivity index is 2.04. The van der Waals surface area contributed by atoms with Crippen LogP contribution in [-0.4, -0.2) is 19.0 Å². The first-order valence-electron chi connectivity index (χ1n) is 5.92. The largest absolute Gasteiger partial charge is 0.324 e. The second-order valence-corrected chi connectivity index (χ2v) is 4.75. The lowest BCUT2D eigenvalue weighted by molar-refractivity contribution is -0.120. The normalized spacial score (nSPS) is 19.0. The highest BCUT2D eigenvalue weighted by Crippen LogP contribution is 2.24. The average Bonchev–Trinajstić information content (AvgIpc) is 2.42. The molecule has 1 saturated heterocycles. The van der Waals surface area contributed by atoms with Crippen molar-refractivity contribution in [3.63, 3.8) is 0 Å². The molecular weight excluding hydrogens is 250 g/mol. The molecule has 4 nitrogen and oxygen atoms in total. The molecule has 2 rings (SSSR count). The van der Waals surface area contributed by atoms with E-state index in [0.29, 0.717) is 22.8 Å². The van der Waals surface area contributed by atoms with Gasteiger partial charge in [-0.15, -0.1) is 0 Å². The Morgan fingerprint density at radius 3 is 3.00 bits per heavy atom. The van der Waals surface area contributed by atoms with Crippen LogP contribution in [0.1, 0.15) is 18.4 Å². The van der Waals surface area contributed by atoms with Gasteiger partial charge < -0.3 is 10.6 Å². The van der Waals surface area contributed by atoms with Crippen LogP contribution in [0.5, 0.6) is 0 Å². The molecule has 0 unspecified atom stereocenters. The summed E-state index contributed by atoms with van der Waals surface area (Å²) in [7, 11) is 0. The van der Waals surface area contributed by atoms with Crippen LogP contribution >= 0.6 is 11.6 Å². The smallest absolute Gasteiger partial charge is 0.228 e. The van der Waals surface area contributed by atoms with E-state index in [9.17, 15) is 4.79 Å². The molecule has 0 saturated carbocycles. The predicted molar refractivity (Wildman–Crippen MR) is 70.4 cm³/mol. The summed E-state index contributed by atoms with van der Waals surface area (Å²) in [6.45, 7) is 1.68. The quantitative estimate of drug-likeness (QED) is 0.859. The molecule has 94 valence electrons. The lowest BCUT2D eigenvalue weighted by Crippen LogP contribution is -2.37. The van der Waals surface area contributed by atoms with Crippen molar-refractivity contribution in [3.05, 3.63) is 28.8 Å². The Hall–Kier alpha value is -1.57. The molecule has 0 bridgehead atoms. The second kappa shape index (κ2) is 5.85. The third-order valence-corrected chi connectivity index (χ3v) is 3.34. The molecular formula is C13H14ClN3O. The van der Waals surface area contributed by atoms with E-state index in [-0.39, 0.29) is 11.8 Å². The number of anilines is 1. The Labute approximate surface area is 111 Å². The molecule has 1 heterocycles. The summed E-state index contributed by atoms with van der Waals surface area (Å²) in [5, 5.41) is 15.1. The number of carbonyl (C=O) groups excluding carboxylic acids is 1. The van der Waals surface area contributed by atoms with Crippen LogP contribution in [0.2, 0.25) is 5.02 Å². The van der Waals surface area contributed by atoms with E-state index < -0.39 is 0 Å². The van der Waals surface area contributed by atoms with Crippen molar-refractivity contribution in [2.45, 2.75) is 12.8 Å². The van der Waals surface area contributed by atoms with Gasteiger partial charge in [0.2, 0.25) is 5.91 Å². The summed E-state index contributed by atoms with van der Waals surface area (Å²) in [4.78, 5) is 12.0. The number of benzene rings is 1. The molecule has 1 atom stereocenters. The maximum atomic E-state index is 12.0. The molecule has 2 N–H and O–H groups in total. The minimum Gasteiger partial charge on any atom is -0.324 e. The first-order valence-corrected chi connectivity index (χ1v) is 6.29. The number of hydrogen-bond donors (Lipinski definition) is 2. The maximum Gasteiger partial charge on any atom is 0.228 e. The number of hydrogen-bond acceptors (Lipinski definition) is 3. The summed E-state index contributed by atoms with van der Waals surface area (Å²) in [6, 6.07) is 6.86. The van der Waals surface area contributed by atoms with Gasteiger partial charge >= 0.3 is 0 Å². The molecule has 1 amide bonds. The van der Waals surface area contributed by atoms with Crippen molar-refractivity contribution in [2.24, 2.45) is 5.92 Å². The van der Waals surface area contributed by atoms with Gasteiger partial charge in [-0.2, -0.15) is 5.26 Å². The van der Waals surface area contributed by atoms with E-state index in [4.69, 9.17) is 16.9 Å². The van der Waals surface area contributed by atoms with Crippen LogP contribution in [0, 0.1) is 17.2 Å². The van der Waals surface area contributed by atoms with Crippen LogP contribution in [0.4, 0.5) is 5.69 Å². The van der Waals surface area contributed by atoms with Gasteiger partial charge in [-0.25, -0.2) is 0 Å². The number of nitrogens with zero attached hydrogens (tertiary/aromatic N) is 1. The van der Waals surface area contributed by atoms with E-state index in [1.54, 1.807) is 18.2 Å². The van der Waals surface area contributed by atoms with Crippen molar-refractivity contribution >= 4 is 23.2 Å². The topological polar surface area (TPSA) is 64.9 Å². The van der Waals surface area contributed by atoms with Gasteiger partial charge in [0.25, 0.3) is 0 Å². The van der Waals surface area contributed by atoms with Crippen molar-refractivity contribution in [1.82, 2.24) is 5.32 Å². The second-order valence-electron chi connectivity index (χ2n) is 4.34. The van der Waals surface area contributed by atoms with Crippen molar-refractivity contribution in [1.29, 1.82) is 5.26 Å². The number of piperidine rings is 1. The molecule has 0 radical (unpaired) electrons. The van der Waals surface area contributed by atoms with E-state index in [2.05, 4.69) is 10.6 Å². The van der Waals surface area contributed by atoms with Gasteiger partial charge in [0.15, 0.2) is 0 Å². The highest BCUT2D eigenvalue weighted by molar-refractivity contribution is 6.33. The monoisotopic (exact) mass is 263 g/mol. The molecule has 1 aliphatic rings. The third-order valence-electron chi connectivity index (χ3n) is 3.02. The molecule has 18 heavy (non-hydrogen) atoms. The molecule has 1 aliphatic heterocycles. The first-order chi connectivity index (χ1) is 8.70. The Bertz CT molecular complexity index is 489. The zero-order valence-corrected chi connectivity index (χ0v) is 10.6. The fourth-order valence-electron chi connectivity index (χ4n) is 2.00. The molecule has 0 aliphatic carbocycles. The Morgan fingerprint density at radius 1 is 1.56 bits per heavy atom. The predicted octanol–water partition coefficient (Wildman–Crippen LogP) is 2.15. The van der Waals surface area contributed by atoms with Gasteiger partial charge in [0.05, 0.1) is 28.3 Å². The lowest BCUT2D eigenvalue weighted by atomic mass is 9.99. The standard InChI is InChI=1S/C13H14ClN3O/c14-11-6-9(7-15)3-4-12(11)17-13(18)10-2-1-5-16-8-10/h3-4,6,10,16H,1-2,5,8H2,(H,17,18)/t10-/m0/s1. The van der Waals surface area contributed by atoms with E-state index in [1.165, 1.54) is 0 Å². The van der Waals surface area contributed by atoms with Crippen molar-refractivity contribution < 1.29 is 4.79 Å². The Morgan fingerprint density at radius 2 is 2.39 bits per heavy atom. The number of rotatable bonds is 2. The molecule has 5 heteroatoms. The number of carbonyl (C=O) groups is 1. The lowest BCUT2D eigenvalue weighted by Gasteiger charge is -2.22. The van der Waals surface area contributed by atoms with Crippen LogP contribution in [0.3, 0.4) is 0 Å². The third kappa shape index (κ3) is 3.00. The van der Waals surface area contributed by atoms with Crippen LogP contribution in [0.15, 0.2) is 18.2 Å². The highest BCUT2D eigenvalue weighted by Gasteiger charge is 2.21. The van der Waals surface area contributed by atoms with Crippen molar-refractivity contribution in [3.8, 4) is 6.07 Å². The maximum absolute atomic E-state index is 12.0. The fourth-order valence-corrected chi connectivity index (χ4v) is 2.22. The van der Waals surface area contributed by atoms with Crippen LogP contribution in [0.25, 0.3) is 0 Å². The number of nitrogens with one attached hydrogen (secondary N) is 2. The fraction of sp³-hybridized carbons (Fsp3) is 0.385. The summed E-state index contributed by atoms with van der Waals surface area (Å²) in [5.74, 6) is -0.0285. The zero-order valence-electron chi connectivity index (χ0n) is 9.87. The van der Waals surface area contributed by atoms with Crippen molar-refractivity contribution in [2.75, 3.05) is 18.4 Å². The van der Waals surface area contributed by atoms with Crippen LogP contribution in [-0.2, 0) is 4.79 Å². The number of halogens is 1. The Kier molecular flexibility index (Phi) is 4.19. The van der Waals surface area contributed by atoms with Gasteiger partial charge in [0, 0.05) is 6.54 Å². The van der Waals surface area contributed by atoms with Gasteiger partial charge in [-0.3, -0.25) is 4.79 Å². The van der Waals surface area contributed by atoms with Gasteiger partial charge in [-0.1, -0.05) is 11.6 Å². The summed E-state index contributed by atoms with van der Waals surface area (Å²) < 4.78 is 0. The molecule has 0 aromatic heterocycles. The highest BCUT2D eigenvalue weighted by atomic mass is 35.5. The SMILES string of the molecule is N#Cc1ccc(NC(=O)[C@H]2CCCNC2)c(Cl)c1. The zero-order chi connectivity index (χ0) is 13.0. The van der Waals surface area contributed by atoms with Gasteiger partial charge in [-0.05, 0) is 37.6 Å². The van der Waals surface area contributed by atoms with Crippen LogP contribution < -0.4 is 10.6 Å². The molecule has 1 aromatic carbocycles. The number of amides is 1. The van der Waals surface area contributed by atoms with E-state index in [1.807, 2.05) is 6.07 Å². The van der Waals surface area contributed by atoms with E-state index >= 15 is 0 Å². The minimum absolute atomic E-state index is 0.00883. The average molecular weight is 264 g/mol. The summed E-state index contributed by atoms with van der Waals surface area (Å²) in [5.41, 5.74) is 1.04. The van der Waals surface area contributed by atoms with Gasteiger partial charge in [0.1, 0.15) is 0 Å². The number of nitriles is 1. The van der Waals surface area contributed by atoms with E-state index in [0.717, 1.165) is 19.4 Å². The first kappa shape index (κ1) is 12.9. The minimum atomic E-state index is -0.0196.